The third kappa shape index (κ3) is 4.27. The molecule has 0 bridgehead atoms. The fraction of sp³-hybridized carbons (Fsp3) is 0.462. The number of non-ortho nitro benzene ring substituents is 1. The fourth-order valence-electron chi connectivity index (χ4n) is 1.70. The molecule has 0 unspecified atom stereocenters. The van der Waals surface area contributed by atoms with Crippen LogP contribution < -0.4 is 5.73 Å². The van der Waals surface area contributed by atoms with Gasteiger partial charge in [0.1, 0.15) is 12.1 Å². The summed E-state index contributed by atoms with van der Waals surface area (Å²) in [5.41, 5.74) is 5.08. The highest BCUT2D eigenvalue weighted by Crippen LogP contribution is 2.35. The average molecular weight is 337 g/mol. The molecule has 0 amide bonds. The van der Waals surface area contributed by atoms with Crippen LogP contribution in [0, 0.1) is 10.1 Å². The van der Waals surface area contributed by atoms with Crippen LogP contribution in [0.4, 0.5) is 20.3 Å². The van der Waals surface area contributed by atoms with Gasteiger partial charge in [-0.05, 0) is 6.07 Å². The van der Waals surface area contributed by atoms with Crippen molar-refractivity contribution in [1.29, 1.82) is 0 Å². The van der Waals surface area contributed by atoms with Crippen molar-refractivity contribution in [3.63, 3.8) is 0 Å². The topological polar surface area (TPSA) is 87.0 Å². The molecule has 124 valence electrons. The standard InChI is InChI=1S/C9H7ClF2N4O2.2C2H6/c10-4-1-2-5(16(17)18)8-7(4)9(13)14-15(8)3-6(11)12;2*1-2/h1-2,6H,3H2,(H2,13,14);2*1-2H3. The van der Waals surface area contributed by atoms with Crippen LogP contribution in [0.25, 0.3) is 10.9 Å². The second kappa shape index (κ2) is 9.14. The van der Waals surface area contributed by atoms with Gasteiger partial charge in [0.15, 0.2) is 5.82 Å². The number of halogens is 3. The first kappa shape index (κ1) is 20.0. The summed E-state index contributed by atoms with van der Waals surface area (Å²) in [6.45, 7) is 7.22. The number of alkyl halides is 2. The van der Waals surface area contributed by atoms with Crippen LogP contribution in [0.2, 0.25) is 5.02 Å². The van der Waals surface area contributed by atoms with E-state index in [0.29, 0.717) is 0 Å². The minimum atomic E-state index is -2.70. The predicted molar refractivity (Wildman–Crippen MR) is 84.5 cm³/mol. The number of nitrogens with two attached hydrogens (primary N) is 1. The molecule has 0 radical (unpaired) electrons. The molecule has 0 atom stereocenters. The molecule has 0 fully saturated rings. The molecule has 2 aromatic rings. The Morgan fingerprint density at radius 1 is 1.36 bits per heavy atom. The molecule has 9 heteroatoms. The molecule has 0 aliphatic rings. The molecule has 1 aromatic carbocycles. The molecule has 0 spiro atoms. The van der Waals surface area contributed by atoms with E-state index in [9.17, 15) is 18.9 Å². The number of nitrogens with zero attached hydrogens (tertiary/aromatic N) is 3. The molecule has 1 heterocycles. The van der Waals surface area contributed by atoms with E-state index >= 15 is 0 Å². The summed E-state index contributed by atoms with van der Waals surface area (Å²) in [6.07, 6.45) is -2.70. The maximum Gasteiger partial charge on any atom is 0.295 e. The second-order valence-corrected chi connectivity index (χ2v) is 3.91. The van der Waals surface area contributed by atoms with E-state index in [2.05, 4.69) is 5.10 Å². The molecule has 0 saturated heterocycles. The highest BCUT2D eigenvalue weighted by molar-refractivity contribution is 6.36. The van der Waals surface area contributed by atoms with Gasteiger partial charge < -0.3 is 5.73 Å². The Hall–Kier alpha value is -1.96. The number of rotatable bonds is 3. The van der Waals surface area contributed by atoms with Crippen molar-refractivity contribution in [2.45, 2.75) is 40.7 Å². The van der Waals surface area contributed by atoms with Crippen LogP contribution in [0.15, 0.2) is 12.1 Å². The second-order valence-electron chi connectivity index (χ2n) is 3.51. The zero-order valence-electron chi connectivity index (χ0n) is 12.8. The average Bonchev–Trinajstić information content (AvgIpc) is 2.80. The highest BCUT2D eigenvalue weighted by Gasteiger charge is 2.23. The van der Waals surface area contributed by atoms with E-state index in [1.807, 2.05) is 27.7 Å². The normalized spacial score (nSPS) is 9.82. The smallest absolute Gasteiger partial charge is 0.295 e. The highest BCUT2D eigenvalue weighted by atomic mass is 35.5. The van der Waals surface area contributed by atoms with Gasteiger partial charge in [-0.25, -0.2) is 13.5 Å². The lowest BCUT2D eigenvalue weighted by atomic mass is 10.2. The Kier molecular flexibility index (Phi) is 8.32. The number of nitro groups is 1. The van der Waals surface area contributed by atoms with Crippen LogP contribution in [0.3, 0.4) is 0 Å². The van der Waals surface area contributed by atoms with Gasteiger partial charge in [-0.2, -0.15) is 5.10 Å². The van der Waals surface area contributed by atoms with Gasteiger partial charge >= 0.3 is 0 Å². The Morgan fingerprint density at radius 2 is 1.91 bits per heavy atom. The molecule has 2 N–H and O–H groups in total. The predicted octanol–water partition coefficient (Wildman–Crippen LogP) is 4.50. The number of nitrogen functional groups attached to an aromatic ring is 1. The van der Waals surface area contributed by atoms with Gasteiger partial charge in [0.25, 0.3) is 12.1 Å². The molecule has 22 heavy (non-hydrogen) atoms. The minimum absolute atomic E-state index is 0.0923. The zero-order chi connectivity index (χ0) is 17.4. The molecule has 0 aliphatic heterocycles. The number of aromatic nitrogens is 2. The van der Waals surface area contributed by atoms with Gasteiger partial charge in [-0.15, -0.1) is 0 Å². The van der Waals surface area contributed by atoms with E-state index in [-0.39, 0.29) is 27.4 Å². The van der Waals surface area contributed by atoms with Crippen molar-refractivity contribution in [2.75, 3.05) is 5.73 Å². The Bertz CT molecular complexity index is 632. The van der Waals surface area contributed by atoms with Gasteiger partial charge in [-0.1, -0.05) is 39.3 Å². The lowest BCUT2D eigenvalue weighted by Gasteiger charge is -2.03. The first-order chi connectivity index (χ1) is 10.4. The Balaban J connectivity index is 0.00000102. The van der Waals surface area contributed by atoms with Crippen molar-refractivity contribution >= 4 is 34.0 Å². The van der Waals surface area contributed by atoms with E-state index in [1.165, 1.54) is 6.07 Å². The van der Waals surface area contributed by atoms with Crippen molar-refractivity contribution in [3.8, 4) is 0 Å². The summed E-state index contributed by atoms with van der Waals surface area (Å²) >= 11 is 5.85. The van der Waals surface area contributed by atoms with Crippen LogP contribution in [-0.4, -0.2) is 21.1 Å². The molecule has 1 aromatic heterocycles. The fourth-order valence-corrected chi connectivity index (χ4v) is 1.95. The van der Waals surface area contributed by atoms with E-state index in [4.69, 9.17) is 17.3 Å². The SMILES string of the molecule is CC.CC.Nc1nn(CC(F)F)c2c([N+](=O)[O-])ccc(Cl)c12. The summed E-state index contributed by atoms with van der Waals surface area (Å²) < 4.78 is 25.6. The Morgan fingerprint density at radius 3 is 2.36 bits per heavy atom. The first-order valence-corrected chi connectivity index (χ1v) is 7.16. The van der Waals surface area contributed by atoms with E-state index in [0.717, 1.165) is 10.7 Å². The van der Waals surface area contributed by atoms with Gasteiger partial charge in [0, 0.05) is 6.07 Å². The first-order valence-electron chi connectivity index (χ1n) is 6.79. The molecule has 6 nitrogen and oxygen atoms in total. The number of hydrogen-bond acceptors (Lipinski definition) is 4. The van der Waals surface area contributed by atoms with Gasteiger partial charge in [-0.3, -0.25) is 10.1 Å². The summed E-state index contributed by atoms with van der Waals surface area (Å²) in [7, 11) is 0. The molecule has 0 aliphatic carbocycles. The maximum atomic E-state index is 12.4. The summed E-state index contributed by atoms with van der Waals surface area (Å²) in [5.74, 6) is -0.112. The zero-order valence-corrected chi connectivity index (χ0v) is 13.6. The van der Waals surface area contributed by atoms with Crippen LogP contribution >= 0.6 is 11.6 Å². The van der Waals surface area contributed by atoms with Gasteiger partial charge in [0.05, 0.1) is 15.3 Å². The third-order valence-corrected chi connectivity index (χ3v) is 2.67. The Labute approximate surface area is 132 Å². The number of nitro benzene ring substituents is 1. The van der Waals surface area contributed by atoms with Gasteiger partial charge in [0.2, 0.25) is 0 Å². The molecule has 0 saturated carbocycles. The summed E-state index contributed by atoms with van der Waals surface area (Å²) in [4.78, 5) is 10.2. The lowest BCUT2D eigenvalue weighted by molar-refractivity contribution is -0.383. The van der Waals surface area contributed by atoms with Crippen molar-refractivity contribution in [1.82, 2.24) is 9.78 Å². The summed E-state index contributed by atoms with van der Waals surface area (Å²) in [5, 5.41) is 14.8. The van der Waals surface area contributed by atoms with Crippen LogP contribution in [-0.2, 0) is 6.54 Å². The number of benzene rings is 1. The summed E-state index contributed by atoms with van der Waals surface area (Å²) in [6, 6.07) is 2.42. The molecular formula is C13H19ClF2N4O2. The maximum absolute atomic E-state index is 12.4. The molecule has 2 rings (SSSR count). The van der Waals surface area contributed by atoms with Crippen LogP contribution in [0.5, 0.6) is 0 Å². The molecular weight excluding hydrogens is 318 g/mol. The van der Waals surface area contributed by atoms with Crippen molar-refractivity contribution < 1.29 is 13.7 Å². The van der Waals surface area contributed by atoms with Crippen LogP contribution in [0.1, 0.15) is 27.7 Å². The van der Waals surface area contributed by atoms with E-state index < -0.39 is 17.9 Å². The number of hydrogen-bond donors (Lipinski definition) is 1. The third-order valence-electron chi connectivity index (χ3n) is 2.36. The largest absolute Gasteiger partial charge is 0.382 e. The minimum Gasteiger partial charge on any atom is -0.382 e. The van der Waals surface area contributed by atoms with Crippen molar-refractivity contribution in [3.05, 3.63) is 27.3 Å². The lowest BCUT2D eigenvalue weighted by Crippen LogP contribution is -2.09. The monoisotopic (exact) mass is 336 g/mol. The van der Waals surface area contributed by atoms with E-state index in [1.54, 1.807) is 0 Å². The quantitative estimate of drug-likeness (QED) is 0.660. The van der Waals surface area contributed by atoms with Crippen molar-refractivity contribution in [2.24, 2.45) is 0 Å². The number of anilines is 1. The number of fused-ring (bicyclic) bond motifs is 1.